The van der Waals surface area contributed by atoms with Gasteiger partial charge >= 0.3 is 11.9 Å². The van der Waals surface area contributed by atoms with Gasteiger partial charge < -0.3 is 10.2 Å². The Morgan fingerprint density at radius 2 is 2.00 bits per heavy atom. The van der Waals surface area contributed by atoms with Crippen molar-refractivity contribution >= 4 is 11.9 Å². The van der Waals surface area contributed by atoms with Crippen molar-refractivity contribution < 1.29 is 28.6 Å². The third kappa shape index (κ3) is 2.57. The standard InChI is InChI=1S/C12H14F2O4/c1-2-12(10(15)16,11(17)18)6-7-3-4-8(13)5-9(7)14/h3,5,8H,2,4,6H2,1H3,(H,15,16)(H,17,18). The Hall–Kier alpha value is -1.72. The van der Waals surface area contributed by atoms with E-state index in [1.807, 2.05) is 0 Å². The molecule has 1 unspecified atom stereocenters. The summed E-state index contributed by atoms with van der Waals surface area (Å²) in [4.78, 5) is 22.2. The minimum absolute atomic E-state index is 0.0597. The van der Waals surface area contributed by atoms with E-state index >= 15 is 0 Å². The lowest BCUT2D eigenvalue weighted by Gasteiger charge is -2.25. The van der Waals surface area contributed by atoms with E-state index in [1.165, 1.54) is 13.0 Å². The van der Waals surface area contributed by atoms with Gasteiger partial charge in [-0.3, -0.25) is 9.59 Å². The molecule has 0 saturated heterocycles. The molecule has 0 aromatic heterocycles. The molecule has 0 radical (unpaired) electrons. The van der Waals surface area contributed by atoms with Crippen LogP contribution in [0.5, 0.6) is 0 Å². The zero-order valence-corrected chi connectivity index (χ0v) is 9.82. The van der Waals surface area contributed by atoms with Crippen molar-refractivity contribution in [3.63, 3.8) is 0 Å². The molecule has 4 nitrogen and oxygen atoms in total. The summed E-state index contributed by atoms with van der Waals surface area (Å²) in [7, 11) is 0. The summed E-state index contributed by atoms with van der Waals surface area (Å²) in [5, 5.41) is 18.1. The molecule has 0 spiro atoms. The number of aliphatic carboxylic acids is 2. The fraction of sp³-hybridized carbons (Fsp3) is 0.500. The predicted octanol–water partition coefficient (Wildman–Crippen LogP) is 2.46. The van der Waals surface area contributed by atoms with E-state index in [0.29, 0.717) is 0 Å². The van der Waals surface area contributed by atoms with E-state index < -0.39 is 35.8 Å². The molecular formula is C12H14F2O4. The third-order valence-electron chi connectivity index (χ3n) is 3.14. The van der Waals surface area contributed by atoms with E-state index in [2.05, 4.69) is 0 Å². The number of halogens is 2. The second-order valence-electron chi connectivity index (χ2n) is 4.22. The maximum absolute atomic E-state index is 13.5. The van der Waals surface area contributed by atoms with E-state index in [9.17, 15) is 18.4 Å². The molecule has 0 aromatic carbocycles. The minimum Gasteiger partial charge on any atom is -0.480 e. The van der Waals surface area contributed by atoms with E-state index in [0.717, 1.165) is 6.08 Å². The first-order valence-electron chi connectivity index (χ1n) is 5.51. The molecule has 1 aliphatic rings. The Kier molecular flexibility index (Phi) is 4.21. The highest BCUT2D eigenvalue weighted by Gasteiger charge is 2.46. The van der Waals surface area contributed by atoms with Crippen molar-refractivity contribution in [2.75, 3.05) is 0 Å². The molecule has 0 amide bonds. The molecule has 0 aromatic rings. The number of alkyl halides is 1. The lowest BCUT2D eigenvalue weighted by atomic mass is 9.78. The van der Waals surface area contributed by atoms with Crippen LogP contribution in [0.1, 0.15) is 26.2 Å². The monoisotopic (exact) mass is 260 g/mol. The zero-order valence-electron chi connectivity index (χ0n) is 9.82. The molecule has 1 aliphatic carbocycles. The van der Waals surface area contributed by atoms with E-state index in [-0.39, 0.29) is 18.4 Å². The summed E-state index contributed by atoms with van der Waals surface area (Å²) in [6.07, 6.45) is -0.221. The topological polar surface area (TPSA) is 74.6 Å². The Balaban J connectivity index is 3.03. The fourth-order valence-electron chi connectivity index (χ4n) is 1.84. The van der Waals surface area contributed by atoms with Crippen molar-refractivity contribution in [3.05, 3.63) is 23.6 Å². The van der Waals surface area contributed by atoms with Gasteiger partial charge in [0.1, 0.15) is 12.0 Å². The maximum atomic E-state index is 13.5. The lowest BCUT2D eigenvalue weighted by Crippen LogP contribution is -2.39. The maximum Gasteiger partial charge on any atom is 0.321 e. The smallest absolute Gasteiger partial charge is 0.321 e. The van der Waals surface area contributed by atoms with Gasteiger partial charge in [0.25, 0.3) is 0 Å². The number of carboxylic acids is 2. The van der Waals surface area contributed by atoms with Crippen molar-refractivity contribution in [3.8, 4) is 0 Å². The summed E-state index contributed by atoms with van der Waals surface area (Å²) in [5.74, 6) is -3.92. The fourth-order valence-corrected chi connectivity index (χ4v) is 1.84. The Labute approximate surface area is 103 Å². The molecule has 18 heavy (non-hydrogen) atoms. The largest absolute Gasteiger partial charge is 0.480 e. The number of hydrogen-bond donors (Lipinski definition) is 2. The molecule has 0 saturated carbocycles. The van der Waals surface area contributed by atoms with Gasteiger partial charge in [-0.15, -0.1) is 0 Å². The van der Waals surface area contributed by atoms with E-state index in [1.54, 1.807) is 0 Å². The average Bonchev–Trinajstić information content (AvgIpc) is 2.27. The van der Waals surface area contributed by atoms with Crippen LogP contribution < -0.4 is 0 Å². The number of hydrogen-bond acceptors (Lipinski definition) is 2. The molecule has 6 heteroatoms. The van der Waals surface area contributed by atoms with Crippen LogP contribution in [-0.4, -0.2) is 28.3 Å². The molecule has 1 rings (SSSR count). The quantitative estimate of drug-likeness (QED) is 0.744. The second-order valence-corrected chi connectivity index (χ2v) is 4.22. The molecule has 1 atom stereocenters. The van der Waals surface area contributed by atoms with Crippen molar-refractivity contribution in [1.29, 1.82) is 0 Å². The van der Waals surface area contributed by atoms with Crippen LogP contribution >= 0.6 is 0 Å². The van der Waals surface area contributed by atoms with Crippen LogP contribution in [-0.2, 0) is 9.59 Å². The molecule has 0 heterocycles. The molecule has 2 N–H and O–H groups in total. The first-order chi connectivity index (χ1) is 8.33. The summed E-state index contributed by atoms with van der Waals surface area (Å²) in [6.45, 7) is 1.41. The molecule has 0 fully saturated rings. The first kappa shape index (κ1) is 14.3. The Morgan fingerprint density at radius 1 is 1.44 bits per heavy atom. The van der Waals surface area contributed by atoms with Crippen LogP contribution in [0.4, 0.5) is 8.78 Å². The van der Waals surface area contributed by atoms with Gasteiger partial charge in [0.15, 0.2) is 5.41 Å². The van der Waals surface area contributed by atoms with Gasteiger partial charge in [0.05, 0.1) is 0 Å². The van der Waals surface area contributed by atoms with Crippen molar-refractivity contribution in [2.45, 2.75) is 32.4 Å². The number of allylic oxidation sites excluding steroid dienone is 4. The minimum atomic E-state index is -2.07. The van der Waals surface area contributed by atoms with Crippen LogP contribution in [0.15, 0.2) is 23.6 Å². The molecular weight excluding hydrogens is 246 g/mol. The van der Waals surface area contributed by atoms with Crippen LogP contribution in [0.3, 0.4) is 0 Å². The predicted molar refractivity (Wildman–Crippen MR) is 59.4 cm³/mol. The number of rotatable bonds is 5. The molecule has 100 valence electrons. The van der Waals surface area contributed by atoms with Crippen LogP contribution in [0, 0.1) is 5.41 Å². The Morgan fingerprint density at radius 3 is 2.39 bits per heavy atom. The van der Waals surface area contributed by atoms with Gasteiger partial charge in [-0.05, 0) is 18.1 Å². The lowest BCUT2D eigenvalue weighted by molar-refractivity contribution is -0.164. The summed E-state index contributed by atoms with van der Waals surface area (Å²) >= 11 is 0. The van der Waals surface area contributed by atoms with Crippen molar-refractivity contribution in [2.24, 2.45) is 5.41 Å². The summed E-state index contributed by atoms with van der Waals surface area (Å²) in [5.41, 5.74) is -2.13. The van der Waals surface area contributed by atoms with Gasteiger partial charge in [-0.25, -0.2) is 8.78 Å². The van der Waals surface area contributed by atoms with Crippen LogP contribution in [0.25, 0.3) is 0 Å². The molecule has 0 bridgehead atoms. The van der Waals surface area contributed by atoms with Gasteiger partial charge in [0, 0.05) is 12.8 Å². The van der Waals surface area contributed by atoms with Gasteiger partial charge in [-0.2, -0.15) is 0 Å². The highest BCUT2D eigenvalue weighted by molar-refractivity contribution is 5.98. The Bertz CT molecular complexity index is 412. The van der Waals surface area contributed by atoms with Gasteiger partial charge in [0.2, 0.25) is 0 Å². The summed E-state index contributed by atoms with van der Waals surface area (Å²) in [6, 6.07) is 0. The van der Waals surface area contributed by atoms with Crippen molar-refractivity contribution in [1.82, 2.24) is 0 Å². The number of carboxylic acid groups (broad SMARTS) is 2. The number of carbonyl (C=O) groups is 2. The first-order valence-corrected chi connectivity index (χ1v) is 5.51. The molecule has 0 aliphatic heterocycles. The third-order valence-corrected chi connectivity index (χ3v) is 3.14. The normalized spacial score (nSPS) is 20.1. The van der Waals surface area contributed by atoms with Gasteiger partial charge in [-0.1, -0.05) is 13.0 Å². The zero-order chi connectivity index (χ0) is 13.9. The highest BCUT2D eigenvalue weighted by atomic mass is 19.1. The highest BCUT2D eigenvalue weighted by Crippen LogP contribution is 2.36. The summed E-state index contributed by atoms with van der Waals surface area (Å²) < 4.78 is 26.3. The second kappa shape index (κ2) is 5.29. The SMILES string of the molecule is CCC(CC1=CCC(F)C=C1F)(C(=O)O)C(=O)O. The van der Waals surface area contributed by atoms with E-state index in [4.69, 9.17) is 10.2 Å². The average molecular weight is 260 g/mol. The van der Waals surface area contributed by atoms with Crippen LogP contribution in [0.2, 0.25) is 0 Å².